The van der Waals surface area contributed by atoms with Gasteiger partial charge in [0.2, 0.25) is 0 Å². The molecule has 0 saturated heterocycles. The van der Waals surface area contributed by atoms with Crippen LogP contribution in [0.3, 0.4) is 0 Å². The summed E-state index contributed by atoms with van der Waals surface area (Å²) in [6.45, 7) is 1.45. The van der Waals surface area contributed by atoms with Gasteiger partial charge < -0.3 is 8.92 Å². The normalized spacial score (nSPS) is 11.0. The molecule has 5 nitrogen and oxygen atoms in total. The van der Waals surface area contributed by atoms with Gasteiger partial charge in [0.05, 0.1) is 7.11 Å². The third kappa shape index (κ3) is 3.25. The van der Waals surface area contributed by atoms with Crippen LogP contribution in [0.5, 0.6) is 5.75 Å². The van der Waals surface area contributed by atoms with Crippen LogP contribution in [0.4, 0.5) is 4.39 Å². The van der Waals surface area contributed by atoms with E-state index in [0.717, 1.165) is 18.2 Å². The molecular weight excluding hydrogens is 311 g/mol. The lowest BCUT2D eigenvalue weighted by Gasteiger charge is -2.11. The fourth-order valence-corrected chi connectivity index (χ4v) is 3.03. The van der Waals surface area contributed by atoms with Crippen LogP contribution >= 0.6 is 0 Å². The van der Waals surface area contributed by atoms with Crippen molar-refractivity contribution in [2.45, 2.75) is 11.8 Å². The fourth-order valence-electron chi connectivity index (χ4n) is 1.87. The van der Waals surface area contributed by atoms with Gasteiger partial charge in [-0.2, -0.15) is 8.42 Å². The van der Waals surface area contributed by atoms with E-state index < -0.39 is 21.9 Å². The first-order valence-corrected chi connectivity index (χ1v) is 7.64. The van der Waals surface area contributed by atoms with Crippen molar-refractivity contribution in [3.63, 3.8) is 0 Å². The number of hydrogen-bond acceptors (Lipinski definition) is 5. The summed E-state index contributed by atoms with van der Waals surface area (Å²) in [4.78, 5) is 11.4. The third-order valence-corrected chi connectivity index (χ3v) is 4.29. The highest BCUT2D eigenvalue weighted by Gasteiger charge is 2.23. The molecule has 0 radical (unpaired) electrons. The summed E-state index contributed by atoms with van der Waals surface area (Å²) in [5.74, 6) is -1.42. The molecule has 0 heterocycles. The van der Waals surface area contributed by atoms with E-state index in [0.29, 0.717) is 0 Å². The van der Waals surface area contributed by atoms with Crippen LogP contribution in [-0.4, -0.2) is 21.5 Å². The molecule has 7 heteroatoms. The molecule has 0 aromatic heterocycles. The number of aryl methyl sites for hydroxylation is 1. The number of carbonyl (C=O) groups excluding carboxylic acids is 1. The highest BCUT2D eigenvalue weighted by atomic mass is 32.2. The molecular formula is C15H13FO5S. The summed E-state index contributed by atoms with van der Waals surface area (Å²) in [6.07, 6.45) is 0. The monoisotopic (exact) mass is 324 g/mol. The minimum absolute atomic E-state index is 0.0201. The van der Waals surface area contributed by atoms with E-state index in [1.807, 2.05) is 0 Å². The number of hydrogen-bond donors (Lipinski definition) is 0. The van der Waals surface area contributed by atoms with Crippen molar-refractivity contribution in [1.82, 2.24) is 0 Å². The summed E-state index contributed by atoms with van der Waals surface area (Å²) < 4.78 is 47.3. The molecule has 0 N–H and O–H groups in total. The van der Waals surface area contributed by atoms with E-state index in [-0.39, 0.29) is 21.8 Å². The Balaban J connectivity index is 2.44. The Morgan fingerprint density at radius 1 is 1.14 bits per heavy atom. The van der Waals surface area contributed by atoms with Crippen LogP contribution < -0.4 is 4.18 Å². The predicted octanol–water partition coefficient (Wildman–Crippen LogP) is 2.69. The van der Waals surface area contributed by atoms with Gasteiger partial charge in [0, 0.05) is 0 Å². The minimum atomic E-state index is -4.20. The van der Waals surface area contributed by atoms with Crippen LogP contribution in [0.2, 0.25) is 0 Å². The van der Waals surface area contributed by atoms with Crippen molar-refractivity contribution < 1.29 is 26.5 Å². The molecule has 0 aliphatic carbocycles. The maximum atomic E-state index is 13.1. The SMILES string of the molecule is COC(=O)c1ccccc1OS(=O)(=O)c1ccc(F)cc1C. The summed E-state index contributed by atoms with van der Waals surface area (Å²) in [5.41, 5.74) is 0.184. The van der Waals surface area contributed by atoms with Crippen LogP contribution in [-0.2, 0) is 14.9 Å². The minimum Gasteiger partial charge on any atom is -0.465 e. The number of para-hydroxylation sites is 1. The maximum absolute atomic E-state index is 13.1. The van der Waals surface area contributed by atoms with Crippen LogP contribution in [0, 0.1) is 12.7 Å². The molecule has 2 rings (SSSR count). The molecule has 0 fully saturated rings. The van der Waals surface area contributed by atoms with Crippen molar-refractivity contribution in [3.8, 4) is 5.75 Å². The Morgan fingerprint density at radius 3 is 2.45 bits per heavy atom. The zero-order chi connectivity index (χ0) is 16.3. The Labute approximate surface area is 127 Å². The van der Waals surface area contributed by atoms with Gasteiger partial charge in [-0.25, -0.2) is 9.18 Å². The van der Waals surface area contributed by atoms with E-state index in [2.05, 4.69) is 4.74 Å². The van der Waals surface area contributed by atoms with Crippen molar-refractivity contribution in [2.24, 2.45) is 0 Å². The topological polar surface area (TPSA) is 69.7 Å². The van der Waals surface area contributed by atoms with Gasteiger partial charge in [0.1, 0.15) is 16.3 Å². The molecule has 0 spiro atoms. The van der Waals surface area contributed by atoms with Gasteiger partial charge in [-0.3, -0.25) is 0 Å². The third-order valence-electron chi connectivity index (χ3n) is 2.90. The molecule has 0 aliphatic rings. The second-order valence-corrected chi connectivity index (χ2v) is 5.95. The van der Waals surface area contributed by atoms with Gasteiger partial charge in [-0.1, -0.05) is 12.1 Å². The van der Waals surface area contributed by atoms with Gasteiger partial charge in [-0.05, 0) is 42.8 Å². The fraction of sp³-hybridized carbons (Fsp3) is 0.133. The summed E-state index contributed by atoms with van der Waals surface area (Å²) in [6, 6.07) is 9.01. The summed E-state index contributed by atoms with van der Waals surface area (Å²) in [7, 11) is -3.02. The van der Waals surface area contributed by atoms with Crippen molar-refractivity contribution in [1.29, 1.82) is 0 Å². The van der Waals surface area contributed by atoms with Crippen molar-refractivity contribution in [3.05, 3.63) is 59.4 Å². The zero-order valence-corrected chi connectivity index (χ0v) is 12.7. The van der Waals surface area contributed by atoms with Crippen LogP contribution in [0.25, 0.3) is 0 Å². The number of ether oxygens (including phenoxy) is 1. The van der Waals surface area contributed by atoms with Crippen molar-refractivity contribution in [2.75, 3.05) is 7.11 Å². The quantitative estimate of drug-likeness (QED) is 0.639. The van der Waals surface area contributed by atoms with E-state index >= 15 is 0 Å². The molecule has 116 valence electrons. The second-order valence-electron chi connectivity index (χ2n) is 4.44. The lowest BCUT2D eigenvalue weighted by atomic mass is 10.2. The first-order valence-electron chi connectivity index (χ1n) is 6.23. The molecule has 2 aromatic carbocycles. The number of carbonyl (C=O) groups is 1. The first-order chi connectivity index (χ1) is 10.3. The summed E-state index contributed by atoms with van der Waals surface area (Å²) >= 11 is 0. The Kier molecular flexibility index (Phi) is 4.46. The Hall–Kier alpha value is -2.41. The molecule has 0 saturated carbocycles. The largest absolute Gasteiger partial charge is 0.465 e. The van der Waals surface area contributed by atoms with Gasteiger partial charge in [-0.15, -0.1) is 0 Å². The number of benzene rings is 2. The van der Waals surface area contributed by atoms with E-state index in [4.69, 9.17) is 4.18 Å². The molecule has 0 atom stereocenters. The molecule has 0 bridgehead atoms. The van der Waals surface area contributed by atoms with E-state index in [1.165, 1.54) is 32.2 Å². The molecule has 0 amide bonds. The predicted molar refractivity (Wildman–Crippen MR) is 76.7 cm³/mol. The van der Waals surface area contributed by atoms with Crippen LogP contribution in [0.15, 0.2) is 47.4 Å². The zero-order valence-electron chi connectivity index (χ0n) is 11.9. The maximum Gasteiger partial charge on any atom is 0.341 e. The van der Waals surface area contributed by atoms with Crippen molar-refractivity contribution >= 4 is 16.1 Å². The number of esters is 1. The van der Waals surface area contributed by atoms with Gasteiger partial charge >= 0.3 is 16.1 Å². The lowest BCUT2D eigenvalue weighted by molar-refractivity contribution is 0.0599. The smallest absolute Gasteiger partial charge is 0.341 e. The number of rotatable bonds is 4. The van der Waals surface area contributed by atoms with Gasteiger partial charge in [0.15, 0.2) is 5.75 Å². The Bertz CT molecular complexity index is 814. The Morgan fingerprint density at radius 2 is 1.82 bits per heavy atom. The highest BCUT2D eigenvalue weighted by molar-refractivity contribution is 7.87. The van der Waals surface area contributed by atoms with Crippen LogP contribution in [0.1, 0.15) is 15.9 Å². The number of halogens is 1. The first kappa shape index (κ1) is 16.0. The standard InChI is InChI=1S/C15H13FO5S/c1-10-9-11(16)7-8-14(10)22(18,19)21-13-6-4-3-5-12(13)15(17)20-2/h3-9H,1-2H3. The molecule has 0 aliphatic heterocycles. The van der Waals surface area contributed by atoms with E-state index in [9.17, 15) is 17.6 Å². The molecule has 0 unspecified atom stereocenters. The summed E-state index contributed by atoms with van der Waals surface area (Å²) in [5, 5.41) is 0. The molecule has 2 aromatic rings. The average Bonchev–Trinajstić information content (AvgIpc) is 2.46. The average molecular weight is 324 g/mol. The van der Waals surface area contributed by atoms with Gasteiger partial charge in [0.25, 0.3) is 0 Å². The number of methoxy groups -OCH3 is 1. The lowest BCUT2D eigenvalue weighted by Crippen LogP contribution is -2.14. The molecule has 22 heavy (non-hydrogen) atoms. The van der Waals surface area contributed by atoms with E-state index in [1.54, 1.807) is 6.07 Å². The second kappa shape index (κ2) is 6.15. The highest BCUT2D eigenvalue weighted by Crippen LogP contribution is 2.25.